The highest BCUT2D eigenvalue weighted by Crippen LogP contribution is 2.32. The molecule has 1 amide bonds. The standard InChI is InChI=1S/C15H15N5OS2/c1-10-5-12(23-15-18-11(2)7-22-15)3-4-13(10)19-14(21)6-20-9-16-8-17-20/h3-5,7-9H,6H2,1-2H3,(H,19,21). The van der Waals surface area contributed by atoms with Crippen LogP contribution in [0.4, 0.5) is 5.69 Å². The van der Waals surface area contributed by atoms with Crippen LogP contribution in [0.2, 0.25) is 0 Å². The third kappa shape index (κ3) is 4.17. The molecule has 0 saturated heterocycles. The number of carbonyl (C=O) groups excluding carboxylic acids is 1. The Morgan fingerprint density at radius 3 is 2.91 bits per heavy atom. The number of amides is 1. The molecule has 0 aliphatic rings. The second kappa shape index (κ2) is 6.93. The van der Waals surface area contributed by atoms with Crippen molar-refractivity contribution in [2.24, 2.45) is 0 Å². The van der Waals surface area contributed by atoms with E-state index in [0.29, 0.717) is 0 Å². The van der Waals surface area contributed by atoms with Crippen molar-refractivity contribution in [3.8, 4) is 0 Å². The second-order valence-corrected chi connectivity index (χ2v) is 7.15. The number of nitrogens with one attached hydrogen (secondary N) is 1. The normalized spacial score (nSPS) is 10.7. The Kier molecular flexibility index (Phi) is 4.73. The summed E-state index contributed by atoms with van der Waals surface area (Å²) in [7, 11) is 0. The average Bonchev–Trinajstić information content (AvgIpc) is 3.14. The van der Waals surface area contributed by atoms with Gasteiger partial charge in [-0.1, -0.05) is 11.8 Å². The molecule has 118 valence electrons. The molecular weight excluding hydrogens is 330 g/mol. The summed E-state index contributed by atoms with van der Waals surface area (Å²) in [6.07, 6.45) is 2.92. The maximum absolute atomic E-state index is 12.0. The van der Waals surface area contributed by atoms with Crippen molar-refractivity contribution >= 4 is 34.7 Å². The van der Waals surface area contributed by atoms with E-state index >= 15 is 0 Å². The zero-order valence-electron chi connectivity index (χ0n) is 12.7. The number of benzene rings is 1. The fourth-order valence-electron chi connectivity index (χ4n) is 1.97. The Morgan fingerprint density at radius 1 is 1.39 bits per heavy atom. The van der Waals surface area contributed by atoms with Crippen LogP contribution in [0.15, 0.2) is 45.5 Å². The summed E-state index contributed by atoms with van der Waals surface area (Å²) in [5.74, 6) is -0.130. The molecule has 3 rings (SSSR count). The summed E-state index contributed by atoms with van der Waals surface area (Å²) < 4.78 is 2.50. The molecule has 0 fully saturated rings. The van der Waals surface area contributed by atoms with E-state index in [1.807, 2.05) is 37.4 Å². The largest absolute Gasteiger partial charge is 0.324 e. The van der Waals surface area contributed by atoms with Gasteiger partial charge in [-0.3, -0.25) is 4.79 Å². The third-order valence-electron chi connectivity index (χ3n) is 3.05. The van der Waals surface area contributed by atoms with Gasteiger partial charge >= 0.3 is 0 Å². The predicted molar refractivity (Wildman–Crippen MR) is 90.8 cm³/mol. The van der Waals surface area contributed by atoms with Crippen LogP contribution >= 0.6 is 23.1 Å². The van der Waals surface area contributed by atoms with Gasteiger partial charge < -0.3 is 5.32 Å². The number of hydrogen-bond acceptors (Lipinski definition) is 6. The van der Waals surface area contributed by atoms with Crippen LogP contribution in [0, 0.1) is 13.8 Å². The highest BCUT2D eigenvalue weighted by atomic mass is 32.2. The summed E-state index contributed by atoms with van der Waals surface area (Å²) in [5.41, 5.74) is 2.84. The van der Waals surface area contributed by atoms with E-state index in [9.17, 15) is 4.79 Å². The minimum absolute atomic E-state index is 0.130. The van der Waals surface area contributed by atoms with Gasteiger partial charge in [-0.05, 0) is 37.6 Å². The van der Waals surface area contributed by atoms with Gasteiger partial charge in [-0.25, -0.2) is 14.6 Å². The van der Waals surface area contributed by atoms with Crippen molar-refractivity contribution in [2.45, 2.75) is 29.6 Å². The van der Waals surface area contributed by atoms with Crippen LogP contribution in [0.25, 0.3) is 0 Å². The molecule has 1 N–H and O–H groups in total. The third-order valence-corrected chi connectivity index (χ3v) is 5.09. The lowest BCUT2D eigenvalue weighted by atomic mass is 10.2. The molecular formula is C15H15N5OS2. The molecule has 0 aliphatic heterocycles. The Hall–Kier alpha value is -2.19. The number of hydrogen-bond donors (Lipinski definition) is 1. The zero-order valence-corrected chi connectivity index (χ0v) is 14.3. The van der Waals surface area contributed by atoms with Crippen LogP contribution in [0.5, 0.6) is 0 Å². The van der Waals surface area contributed by atoms with Gasteiger partial charge in [0.15, 0.2) is 4.34 Å². The smallest absolute Gasteiger partial charge is 0.246 e. The van der Waals surface area contributed by atoms with Crippen molar-refractivity contribution in [3.63, 3.8) is 0 Å². The van der Waals surface area contributed by atoms with Gasteiger partial charge in [0, 0.05) is 21.7 Å². The lowest BCUT2D eigenvalue weighted by Gasteiger charge is -2.09. The molecule has 0 radical (unpaired) electrons. The minimum Gasteiger partial charge on any atom is -0.324 e. The first-order chi connectivity index (χ1) is 11.1. The summed E-state index contributed by atoms with van der Waals surface area (Å²) in [6, 6.07) is 5.95. The van der Waals surface area contributed by atoms with Crippen LogP contribution in [0.3, 0.4) is 0 Å². The molecule has 0 spiro atoms. The molecule has 0 bridgehead atoms. The first kappa shape index (κ1) is 15.7. The van der Waals surface area contributed by atoms with Crippen LogP contribution in [-0.4, -0.2) is 25.7 Å². The molecule has 0 saturated carbocycles. The molecule has 23 heavy (non-hydrogen) atoms. The number of thiazole rings is 1. The molecule has 0 aliphatic carbocycles. The summed E-state index contributed by atoms with van der Waals surface area (Å²) >= 11 is 3.26. The lowest BCUT2D eigenvalue weighted by Crippen LogP contribution is -2.19. The molecule has 0 atom stereocenters. The van der Waals surface area contributed by atoms with E-state index in [2.05, 4.69) is 20.4 Å². The van der Waals surface area contributed by atoms with E-state index in [0.717, 1.165) is 26.2 Å². The molecule has 2 heterocycles. The van der Waals surface area contributed by atoms with Crippen molar-refractivity contribution in [1.29, 1.82) is 0 Å². The highest BCUT2D eigenvalue weighted by Gasteiger charge is 2.08. The van der Waals surface area contributed by atoms with Crippen LogP contribution in [0.1, 0.15) is 11.3 Å². The number of rotatable bonds is 5. The van der Waals surface area contributed by atoms with Crippen molar-refractivity contribution in [1.82, 2.24) is 19.7 Å². The summed E-state index contributed by atoms with van der Waals surface area (Å²) in [5, 5.41) is 8.85. The van der Waals surface area contributed by atoms with Crippen molar-refractivity contribution < 1.29 is 4.79 Å². The highest BCUT2D eigenvalue weighted by molar-refractivity contribution is 8.01. The Bertz CT molecular complexity index is 813. The fourth-order valence-corrected chi connectivity index (χ4v) is 3.88. The molecule has 6 nitrogen and oxygen atoms in total. The number of aromatic nitrogens is 4. The van der Waals surface area contributed by atoms with Gasteiger partial charge in [-0.15, -0.1) is 11.3 Å². The number of anilines is 1. The van der Waals surface area contributed by atoms with Gasteiger partial charge in [-0.2, -0.15) is 5.10 Å². The van der Waals surface area contributed by atoms with Crippen molar-refractivity contribution in [3.05, 3.63) is 47.5 Å². The number of aryl methyl sites for hydroxylation is 2. The SMILES string of the molecule is Cc1csc(Sc2ccc(NC(=O)Cn3cncn3)c(C)c2)n1. The topological polar surface area (TPSA) is 72.7 Å². The van der Waals surface area contributed by atoms with Crippen molar-refractivity contribution in [2.75, 3.05) is 5.32 Å². The van der Waals surface area contributed by atoms with Gasteiger partial charge in [0.1, 0.15) is 19.2 Å². The second-order valence-electron chi connectivity index (χ2n) is 4.97. The molecule has 1 aromatic carbocycles. The molecule has 0 unspecified atom stereocenters. The van der Waals surface area contributed by atoms with E-state index in [1.54, 1.807) is 23.1 Å². The van der Waals surface area contributed by atoms with E-state index in [1.165, 1.54) is 17.3 Å². The summed E-state index contributed by atoms with van der Waals surface area (Å²) in [6.45, 7) is 4.11. The van der Waals surface area contributed by atoms with Crippen LogP contribution < -0.4 is 5.32 Å². The van der Waals surface area contributed by atoms with Crippen LogP contribution in [-0.2, 0) is 11.3 Å². The first-order valence-electron chi connectivity index (χ1n) is 6.93. The Labute approximate surface area is 142 Å². The maximum Gasteiger partial charge on any atom is 0.246 e. The van der Waals surface area contributed by atoms with Gasteiger partial charge in [0.05, 0.1) is 0 Å². The Morgan fingerprint density at radius 2 is 2.26 bits per heavy atom. The first-order valence-corrected chi connectivity index (χ1v) is 8.62. The number of carbonyl (C=O) groups is 1. The van der Waals surface area contributed by atoms with E-state index in [4.69, 9.17) is 0 Å². The number of nitrogens with zero attached hydrogens (tertiary/aromatic N) is 4. The quantitative estimate of drug-likeness (QED) is 0.769. The van der Waals surface area contributed by atoms with E-state index in [-0.39, 0.29) is 12.5 Å². The monoisotopic (exact) mass is 345 g/mol. The maximum atomic E-state index is 12.0. The molecule has 3 aromatic rings. The fraction of sp³-hybridized carbons (Fsp3) is 0.200. The zero-order chi connectivity index (χ0) is 16.2. The van der Waals surface area contributed by atoms with E-state index < -0.39 is 0 Å². The minimum atomic E-state index is -0.130. The molecule has 8 heteroatoms. The molecule has 2 aromatic heterocycles. The van der Waals surface area contributed by atoms with Gasteiger partial charge in [0.2, 0.25) is 5.91 Å². The predicted octanol–water partition coefficient (Wildman–Crippen LogP) is 3.14. The summed E-state index contributed by atoms with van der Waals surface area (Å²) in [4.78, 5) is 21.4. The average molecular weight is 345 g/mol. The Balaban J connectivity index is 1.65. The van der Waals surface area contributed by atoms with Gasteiger partial charge in [0.25, 0.3) is 0 Å². The lowest BCUT2D eigenvalue weighted by molar-refractivity contribution is -0.116.